The zero-order valence-electron chi connectivity index (χ0n) is 13.4. The van der Waals surface area contributed by atoms with Crippen LogP contribution in [-0.4, -0.2) is 25.9 Å². The third kappa shape index (κ3) is 4.02. The molecule has 2 aromatic rings. The Morgan fingerprint density at radius 3 is 1.78 bits per heavy atom. The van der Waals surface area contributed by atoms with E-state index >= 15 is 0 Å². The van der Waals surface area contributed by atoms with Crippen LogP contribution in [0, 0.1) is 11.3 Å². The van der Waals surface area contributed by atoms with E-state index in [0.717, 1.165) is 22.6 Å². The molecule has 120 valence electrons. The normalized spacial score (nSPS) is 13.0. The number of methoxy groups -OCH3 is 2. The lowest BCUT2D eigenvalue weighted by molar-refractivity contribution is 0.272. The van der Waals surface area contributed by atoms with Crippen molar-refractivity contribution in [3.63, 3.8) is 0 Å². The van der Waals surface area contributed by atoms with Crippen LogP contribution >= 0.6 is 0 Å². The molecule has 0 bridgehead atoms. The Morgan fingerprint density at radius 2 is 1.39 bits per heavy atom. The second-order valence-corrected chi connectivity index (χ2v) is 5.27. The molecule has 0 aliphatic heterocycles. The molecule has 2 aromatic carbocycles. The molecule has 2 rings (SSSR count). The summed E-state index contributed by atoms with van der Waals surface area (Å²) >= 11 is 0. The Balaban J connectivity index is 2.33. The van der Waals surface area contributed by atoms with Crippen molar-refractivity contribution < 1.29 is 14.6 Å². The molecule has 0 saturated carbocycles. The van der Waals surface area contributed by atoms with E-state index in [9.17, 15) is 10.4 Å². The van der Waals surface area contributed by atoms with E-state index in [4.69, 9.17) is 9.47 Å². The number of aliphatic hydroxyl groups is 1. The molecule has 0 saturated heterocycles. The molecule has 4 heteroatoms. The summed E-state index contributed by atoms with van der Waals surface area (Å²) in [6, 6.07) is 17.6. The van der Waals surface area contributed by atoms with E-state index in [1.165, 1.54) is 0 Å². The second kappa shape index (κ2) is 8.21. The standard InChI is InChI=1S/C19H21NO3/c1-22-16-7-3-14(4-8-16)18(11-12-21)19(13-20)15-5-9-17(23-2)10-6-15/h3-10,18-19,21H,11-12H2,1-2H3/t18-,19+/m0/s1. The van der Waals surface area contributed by atoms with Crippen molar-refractivity contribution in [2.45, 2.75) is 18.3 Å². The quantitative estimate of drug-likeness (QED) is 0.850. The van der Waals surface area contributed by atoms with Gasteiger partial charge in [0.05, 0.1) is 26.2 Å². The smallest absolute Gasteiger partial charge is 0.118 e. The Morgan fingerprint density at radius 1 is 0.913 bits per heavy atom. The predicted octanol–water partition coefficient (Wildman–Crippen LogP) is 3.48. The maximum absolute atomic E-state index is 9.68. The van der Waals surface area contributed by atoms with Gasteiger partial charge >= 0.3 is 0 Å². The lowest BCUT2D eigenvalue weighted by Gasteiger charge is -2.22. The molecule has 0 unspecified atom stereocenters. The van der Waals surface area contributed by atoms with Gasteiger partial charge in [-0.05, 0) is 41.8 Å². The minimum absolute atomic E-state index is 0.0328. The van der Waals surface area contributed by atoms with Crippen molar-refractivity contribution in [3.05, 3.63) is 59.7 Å². The average Bonchev–Trinajstić information content (AvgIpc) is 2.62. The largest absolute Gasteiger partial charge is 0.497 e. The highest BCUT2D eigenvalue weighted by Gasteiger charge is 2.24. The summed E-state index contributed by atoms with van der Waals surface area (Å²) < 4.78 is 10.3. The molecule has 0 heterocycles. The first-order valence-electron chi connectivity index (χ1n) is 7.51. The molecular formula is C19H21NO3. The summed E-state index contributed by atoms with van der Waals surface area (Å²) in [6.45, 7) is 0.0328. The molecular weight excluding hydrogens is 290 g/mol. The number of hydrogen-bond acceptors (Lipinski definition) is 4. The SMILES string of the molecule is COc1ccc([C@@H](C#N)[C@@H](CCO)c2ccc(OC)cc2)cc1. The highest BCUT2D eigenvalue weighted by molar-refractivity contribution is 5.38. The number of hydrogen-bond donors (Lipinski definition) is 1. The van der Waals surface area contributed by atoms with E-state index in [1.807, 2.05) is 48.5 Å². The minimum atomic E-state index is -0.332. The van der Waals surface area contributed by atoms with Crippen molar-refractivity contribution in [2.24, 2.45) is 0 Å². The van der Waals surface area contributed by atoms with Gasteiger partial charge in [0.15, 0.2) is 0 Å². The van der Waals surface area contributed by atoms with Crippen molar-refractivity contribution in [1.29, 1.82) is 5.26 Å². The third-order valence-corrected chi connectivity index (χ3v) is 4.00. The Kier molecular flexibility index (Phi) is 6.02. The van der Waals surface area contributed by atoms with Crippen LogP contribution in [0.15, 0.2) is 48.5 Å². The molecule has 23 heavy (non-hydrogen) atoms. The van der Waals surface area contributed by atoms with E-state index in [2.05, 4.69) is 6.07 Å². The first kappa shape index (κ1) is 16.9. The zero-order valence-corrected chi connectivity index (χ0v) is 13.4. The third-order valence-electron chi connectivity index (χ3n) is 4.00. The molecule has 0 aromatic heterocycles. The fourth-order valence-corrected chi connectivity index (χ4v) is 2.72. The van der Waals surface area contributed by atoms with E-state index in [1.54, 1.807) is 14.2 Å². The van der Waals surface area contributed by atoms with Crippen LogP contribution in [0.1, 0.15) is 29.4 Å². The van der Waals surface area contributed by atoms with Crippen molar-refractivity contribution in [1.82, 2.24) is 0 Å². The van der Waals surface area contributed by atoms with Crippen LogP contribution in [0.25, 0.3) is 0 Å². The molecule has 1 N–H and O–H groups in total. The highest BCUT2D eigenvalue weighted by atomic mass is 16.5. The summed E-state index contributed by atoms with van der Waals surface area (Å²) in [5, 5.41) is 19.1. The molecule has 0 aliphatic rings. The number of nitrogens with zero attached hydrogens (tertiary/aromatic N) is 1. The first-order valence-corrected chi connectivity index (χ1v) is 7.51. The molecule has 4 nitrogen and oxygen atoms in total. The van der Waals surface area contributed by atoms with E-state index < -0.39 is 0 Å². The molecule has 0 amide bonds. The second-order valence-electron chi connectivity index (χ2n) is 5.27. The number of rotatable bonds is 7. The number of ether oxygens (including phenoxy) is 2. The van der Waals surface area contributed by atoms with Gasteiger partial charge in [-0.2, -0.15) is 5.26 Å². The van der Waals surface area contributed by atoms with Crippen molar-refractivity contribution >= 4 is 0 Å². The maximum atomic E-state index is 9.68. The van der Waals surface area contributed by atoms with Crippen molar-refractivity contribution in [3.8, 4) is 17.6 Å². The summed E-state index contributed by atoms with van der Waals surface area (Å²) in [7, 11) is 3.23. The monoisotopic (exact) mass is 311 g/mol. The van der Waals surface area contributed by atoms with Crippen LogP contribution in [0.4, 0.5) is 0 Å². The zero-order chi connectivity index (χ0) is 16.7. The minimum Gasteiger partial charge on any atom is -0.497 e. The van der Waals surface area contributed by atoms with Gasteiger partial charge in [0.25, 0.3) is 0 Å². The average molecular weight is 311 g/mol. The van der Waals surface area contributed by atoms with Gasteiger partial charge in [-0.25, -0.2) is 0 Å². The van der Waals surface area contributed by atoms with Gasteiger partial charge in [-0.1, -0.05) is 24.3 Å². The first-order chi connectivity index (χ1) is 11.2. The van der Waals surface area contributed by atoms with Gasteiger partial charge in [0, 0.05) is 12.5 Å². The van der Waals surface area contributed by atoms with Crippen LogP contribution in [-0.2, 0) is 0 Å². The fraction of sp³-hybridized carbons (Fsp3) is 0.316. The molecule has 0 fully saturated rings. The van der Waals surface area contributed by atoms with Crippen LogP contribution in [0.2, 0.25) is 0 Å². The Hall–Kier alpha value is -2.51. The van der Waals surface area contributed by atoms with Gasteiger partial charge in [0.1, 0.15) is 11.5 Å². The lowest BCUT2D eigenvalue weighted by Crippen LogP contribution is -2.12. The van der Waals surface area contributed by atoms with Gasteiger partial charge in [-0.15, -0.1) is 0 Å². The maximum Gasteiger partial charge on any atom is 0.118 e. The molecule has 2 atom stereocenters. The van der Waals surface area contributed by atoms with Crippen LogP contribution in [0.5, 0.6) is 11.5 Å². The molecule has 0 radical (unpaired) electrons. The highest BCUT2D eigenvalue weighted by Crippen LogP contribution is 2.36. The number of benzene rings is 2. The summed E-state index contributed by atoms with van der Waals surface area (Å²) in [4.78, 5) is 0. The van der Waals surface area contributed by atoms with Gasteiger partial charge in [-0.3, -0.25) is 0 Å². The summed E-state index contributed by atoms with van der Waals surface area (Å²) in [5.74, 6) is 1.12. The summed E-state index contributed by atoms with van der Waals surface area (Å²) in [6.07, 6.45) is 0.524. The number of nitriles is 1. The van der Waals surface area contributed by atoms with Gasteiger partial charge in [0.2, 0.25) is 0 Å². The Labute approximate surface area is 136 Å². The van der Waals surface area contributed by atoms with Crippen molar-refractivity contribution in [2.75, 3.05) is 20.8 Å². The van der Waals surface area contributed by atoms with E-state index in [-0.39, 0.29) is 18.4 Å². The summed E-state index contributed by atoms with van der Waals surface area (Å²) in [5.41, 5.74) is 1.93. The topological polar surface area (TPSA) is 62.5 Å². The molecule has 0 spiro atoms. The van der Waals surface area contributed by atoms with Crippen LogP contribution in [0.3, 0.4) is 0 Å². The van der Waals surface area contributed by atoms with Crippen LogP contribution < -0.4 is 9.47 Å². The van der Waals surface area contributed by atoms with Gasteiger partial charge < -0.3 is 14.6 Å². The van der Waals surface area contributed by atoms with E-state index in [0.29, 0.717) is 6.42 Å². The fourth-order valence-electron chi connectivity index (χ4n) is 2.72. The molecule has 0 aliphatic carbocycles. The Bertz CT molecular complexity index is 644. The predicted molar refractivity (Wildman–Crippen MR) is 88.8 cm³/mol. The number of aliphatic hydroxyl groups excluding tert-OH is 1. The lowest BCUT2D eigenvalue weighted by atomic mass is 9.80.